The Bertz CT molecular complexity index is 3520. The summed E-state index contributed by atoms with van der Waals surface area (Å²) < 4.78 is 13.6. The van der Waals surface area contributed by atoms with Gasteiger partial charge in [-0.2, -0.15) is 10.2 Å². The van der Waals surface area contributed by atoms with Crippen LogP contribution < -0.4 is 27.3 Å². The number of benzene rings is 1. The average Bonchev–Trinajstić information content (AvgIpc) is 4.20. The largest absolute Gasteiger partial charge is 0.491 e. The molecular weight excluding hydrogens is 1000 g/mol. The molecule has 2 fully saturated rings. The van der Waals surface area contributed by atoms with Gasteiger partial charge < -0.3 is 36.5 Å². The molecule has 2 aliphatic rings. The highest BCUT2D eigenvalue weighted by Crippen LogP contribution is 2.37. The second kappa shape index (κ2) is 21.7. The number of anilines is 1. The van der Waals surface area contributed by atoms with Gasteiger partial charge in [0.05, 0.1) is 34.3 Å². The quantitative estimate of drug-likeness (QED) is 0.0481. The Morgan fingerprint density at radius 3 is 2.29 bits per heavy atom. The number of carbonyl (C=O) groups excluding carboxylic acids is 6. The SMILES string of the molecule is CCn1nc(C)cc1C(=O)Nc1nc2cc(C(N)=O)cnc2n1C/C=C/Cn1c2nc(-c3cc(C)nn3CC)ncc2c2cc(C(N)=O)cc(OCCC3CN(C(=O)CCN4C(=O)CC(SC[C@H](N)C(=O)O)C4=O)C3)c21. The summed E-state index contributed by atoms with van der Waals surface area (Å²) in [7, 11) is 0. The predicted octanol–water partition coefficient (Wildman–Crippen LogP) is 2.64. The molecule has 2 aliphatic heterocycles. The first kappa shape index (κ1) is 52.3. The standard InChI is InChI=1S/C50H56N16O9S/c1-5-65-35(15-26(3)59-65)44-54-22-32-31-17-29(42(52)69)19-37(75-14-10-28-23-61(24-28)39(67)9-13-62-40(68)20-38(48(62)72)76-25-33(51)49(73)74)41(31)63(45(32)57-44)11-7-8-12-64-46-34(18-30(21-55-46)43(53)70)56-50(64)58-47(71)36-16-27(4)60-66(36)6-2/h7-8,15-19,21-22,28,33,38H,5-6,9-14,20,23-25,51H2,1-4H3,(H2,52,69)(H2,53,70)(H,73,74)(H,56,58,71)/b8-7+/t33-,38?/m0/s1. The average molecular weight is 1060 g/mol. The van der Waals surface area contributed by atoms with Crippen molar-refractivity contribution in [3.8, 4) is 17.3 Å². The number of ether oxygens (including phenoxy) is 1. The topological polar surface area (TPSA) is 343 Å². The zero-order valence-electron chi connectivity index (χ0n) is 42.1. The van der Waals surface area contributed by atoms with Crippen molar-refractivity contribution in [1.29, 1.82) is 0 Å². The minimum absolute atomic E-state index is 0.0255. The number of imide groups is 1. The number of hydrogen-bond donors (Lipinski definition) is 5. The molecule has 2 saturated heterocycles. The summed E-state index contributed by atoms with van der Waals surface area (Å²) >= 11 is 1.02. The van der Waals surface area contributed by atoms with E-state index >= 15 is 0 Å². The van der Waals surface area contributed by atoms with Gasteiger partial charge in [-0.15, -0.1) is 11.8 Å². The van der Waals surface area contributed by atoms with Crippen molar-refractivity contribution in [2.75, 3.05) is 37.3 Å². The van der Waals surface area contributed by atoms with Crippen LogP contribution in [0.5, 0.6) is 5.75 Å². The first-order valence-electron chi connectivity index (χ1n) is 24.6. The Morgan fingerprint density at radius 1 is 0.868 bits per heavy atom. The number of amides is 6. The molecule has 0 aliphatic carbocycles. The monoisotopic (exact) mass is 1060 g/mol. The molecular formula is C50H56N16O9S. The third-order valence-corrected chi connectivity index (χ3v) is 14.6. The number of allylic oxidation sites excluding steroid dienone is 2. The first-order valence-corrected chi connectivity index (χ1v) is 25.7. The van der Waals surface area contributed by atoms with E-state index in [2.05, 4.69) is 25.5 Å². The minimum Gasteiger partial charge on any atom is -0.491 e. The second-order valence-electron chi connectivity index (χ2n) is 18.6. The van der Waals surface area contributed by atoms with E-state index in [0.29, 0.717) is 94.4 Å². The number of carboxylic acids is 1. The molecule has 26 heteroatoms. The van der Waals surface area contributed by atoms with Crippen molar-refractivity contribution in [2.24, 2.45) is 23.1 Å². The number of nitrogens with zero attached hydrogens (tertiary/aromatic N) is 12. The molecule has 1 aromatic carbocycles. The summed E-state index contributed by atoms with van der Waals surface area (Å²) in [4.78, 5) is 110. The van der Waals surface area contributed by atoms with Crippen LogP contribution in [-0.2, 0) is 45.4 Å². The van der Waals surface area contributed by atoms with Crippen LogP contribution in [0.1, 0.15) is 75.7 Å². The van der Waals surface area contributed by atoms with Gasteiger partial charge in [-0.3, -0.25) is 57.7 Å². The fourth-order valence-corrected chi connectivity index (χ4v) is 10.5. The van der Waals surface area contributed by atoms with Crippen molar-refractivity contribution in [1.82, 2.24) is 58.4 Å². The van der Waals surface area contributed by atoms with Crippen molar-refractivity contribution in [3.63, 3.8) is 0 Å². The lowest BCUT2D eigenvalue weighted by Crippen LogP contribution is -2.51. The van der Waals surface area contributed by atoms with Crippen LogP contribution in [0.4, 0.5) is 5.95 Å². The van der Waals surface area contributed by atoms with Gasteiger partial charge in [0.2, 0.25) is 35.5 Å². The first-order chi connectivity index (χ1) is 36.4. The normalized spacial score (nSPS) is 15.4. The smallest absolute Gasteiger partial charge is 0.321 e. The number of aryl methyl sites for hydroxylation is 4. The summed E-state index contributed by atoms with van der Waals surface area (Å²) in [5, 5.41) is 21.5. The number of aliphatic carboxylic acids is 1. The van der Waals surface area contributed by atoms with Gasteiger partial charge >= 0.3 is 5.97 Å². The Hall–Kier alpha value is -8.52. The lowest BCUT2D eigenvalue weighted by molar-refractivity contribution is -0.142. The minimum atomic E-state index is -1.20. The van der Waals surface area contributed by atoms with E-state index in [1.54, 1.807) is 45.5 Å². The number of thioether (sulfide) groups is 1. The molecule has 0 spiro atoms. The molecule has 0 bridgehead atoms. The van der Waals surface area contributed by atoms with Crippen LogP contribution in [0.2, 0.25) is 0 Å². The summed E-state index contributed by atoms with van der Waals surface area (Å²) in [6, 6.07) is 7.22. The molecule has 1 unspecified atom stereocenters. The lowest BCUT2D eigenvalue weighted by Gasteiger charge is -2.39. The maximum Gasteiger partial charge on any atom is 0.321 e. The number of pyridine rings is 1. The molecule has 8 heterocycles. The second-order valence-corrected chi connectivity index (χ2v) is 19.8. The molecule has 25 nitrogen and oxygen atoms in total. The van der Waals surface area contributed by atoms with Crippen molar-refractivity contribution in [2.45, 2.75) is 84.4 Å². The summed E-state index contributed by atoms with van der Waals surface area (Å²) in [6.45, 7) is 9.98. The number of hydrogen-bond acceptors (Lipinski definition) is 16. The van der Waals surface area contributed by atoms with E-state index in [-0.39, 0.29) is 73.7 Å². The highest BCUT2D eigenvalue weighted by molar-refractivity contribution is 8.00. The van der Waals surface area contributed by atoms with Gasteiger partial charge in [-0.05, 0) is 70.4 Å². The molecule has 0 saturated carbocycles. The van der Waals surface area contributed by atoms with Gasteiger partial charge in [-0.25, -0.2) is 19.9 Å². The highest BCUT2D eigenvalue weighted by Gasteiger charge is 2.40. The van der Waals surface area contributed by atoms with Gasteiger partial charge in [0.25, 0.3) is 5.91 Å². The van der Waals surface area contributed by atoms with E-state index < -0.39 is 46.8 Å². The Balaban J connectivity index is 0.956. The van der Waals surface area contributed by atoms with E-state index in [1.165, 1.54) is 12.3 Å². The number of aromatic nitrogens is 10. The Labute approximate surface area is 437 Å². The fourth-order valence-electron chi connectivity index (χ4n) is 9.36. The number of likely N-dealkylation sites (tertiary alicyclic amines) is 2. The Kier molecular flexibility index (Phi) is 15.0. The predicted molar refractivity (Wildman–Crippen MR) is 279 cm³/mol. The van der Waals surface area contributed by atoms with Crippen LogP contribution in [-0.4, -0.2) is 148 Å². The summed E-state index contributed by atoms with van der Waals surface area (Å²) in [6.07, 6.45) is 7.24. The van der Waals surface area contributed by atoms with Gasteiger partial charge in [0.1, 0.15) is 34.3 Å². The van der Waals surface area contributed by atoms with Gasteiger partial charge in [0, 0.05) is 93.1 Å². The Morgan fingerprint density at radius 2 is 1.58 bits per heavy atom. The van der Waals surface area contributed by atoms with E-state index in [1.807, 2.05) is 48.2 Å². The number of carboxylic acid groups (broad SMARTS) is 1. The van der Waals surface area contributed by atoms with Crippen molar-refractivity contribution >= 4 is 92.2 Å². The molecule has 76 heavy (non-hydrogen) atoms. The highest BCUT2D eigenvalue weighted by atomic mass is 32.2. The lowest BCUT2D eigenvalue weighted by atomic mass is 9.96. The number of nitrogens with one attached hydrogen (secondary N) is 1. The number of fused-ring (bicyclic) bond motifs is 4. The molecule has 0 radical (unpaired) electrons. The number of rotatable bonds is 22. The molecule has 396 valence electrons. The zero-order valence-corrected chi connectivity index (χ0v) is 43.0. The molecule has 8 N–H and O–H groups in total. The molecule has 9 rings (SSSR count). The van der Waals surface area contributed by atoms with E-state index in [4.69, 9.17) is 37.0 Å². The summed E-state index contributed by atoms with van der Waals surface area (Å²) in [5.41, 5.74) is 21.8. The van der Waals surface area contributed by atoms with Crippen LogP contribution in [0.25, 0.3) is 44.6 Å². The fraction of sp³-hybridized carbons (Fsp3) is 0.380. The molecule has 6 amide bonds. The third-order valence-electron chi connectivity index (χ3n) is 13.3. The van der Waals surface area contributed by atoms with Crippen molar-refractivity contribution in [3.05, 3.63) is 83.1 Å². The number of carbonyl (C=O) groups is 7. The van der Waals surface area contributed by atoms with Gasteiger partial charge in [-0.1, -0.05) is 12.2 Å². The van der Waals surface area contributed by atoms with E-state index in [0.717, 1.165) is 22.4 Å². The molecule has 6 aromatic heterocycles. The van der Waals surface area contributed by atoms with Crippen molar-refractivity contribution < 1.29 is 43.4 Å². The van der Waals surface area contributed by atoms with Crippen LogP contribution >= 0.6 is 11.8 Å². The maximum atomic E-state index is 13.7. The van der Waals surface area contributed by atoms with E-state index in [9.17, 15) is 33.6 Å². The molecule has 7 aromatic rings. The zero-order chi connectivity index (χ0) is 54.1. The summed E-state index contributed by atoms with van der Waals surface area (Å²) in [5.74, 6) is -3.06. The number of primary amides is 2. The maximum absolute atomic E-state index is 13.7. The van der Waals surface area contributed by atoms with Crippen LogP contribution in [0, 0.1) is 19.8 Å². The van der Waals surface area contributed by atoms with Crippen LogP contribution in [0.15, 0.2) is 54.9 Å². The van der Waals surface area contributed by atoms with Gasteiger partial charge in [0.15, 0.2) is 11.5 Å². The number of nitrogens with two attached hydrogens (primary N) is 3. The molecule has 2 atom stereocenters. The van der Waals surface area contributed by atoms with Crippen LogP contribution in [0.3, 0.4) is 0 Å². The third kappa shape index (κ3) is 10.6. The number of imidazole rings is 1.